The van der Waals surface area contributed by atoms with Crippen LogP contribution in [0.3, 0.4) is 0 Å². The number of hydrogen-bond donors (Lipinski definition) is 1. The van der Waals surface area contributed by atoms with Crippen molar-refractivity contribution in [1.29, 1.82) is 0 Å². The lowest BCUT2D eigenvalue weighted by atomic mass is 9.73. The third kappa shape index (κ3) is 2.83. The van der Waals surface area contributed by atoms with Gasteiger partial charge in [-0.05, 0) is 50.2 Å². The van der Waals surface area contributed by atoms with Crippen molar-refractivity contribution in [2.24, 2.45) is 5.92 Å². The van der Waals surface area contributed by atoms with E-state index in [9.17, 15) is 0 Å². The van der Waals surface area contributed by atoms with Crippen molar-refractivity contribution in [3.8, 4) is 0 Å². The molecular weight excluding hydrogens is 258 g/mol. The number of nitrogens with one attached hydrogen (secondary N) is 1. The highest BCUT2D eigenvalue weighted by Crippen LogP contribution is 2.43. The maximum atomic E-state index is 6.19. The highest BCUT2D eigenvalue weighted by Gasteiger charge is 2.41. The van der Waals surface area contributed by atoms with Crippen LogP contribution < -0.4 is 5.32 Å². The van der Waals surface area contributed by atoms with Crippen molar-refractivity contribution in [1.82, 2.24) is 14.9 Å². The minimum absolute atomic E-state index is 0.166. The first-order chi connectivity index (χ1) is 9.33. The van der Waals surface area contributed by atoms with Gasteiger partial charge in [0.15, 0.2) is 0 Å². The number of ether oxygens (including phenoxy) is 1. The van der Waals surface area contributed by atoms with E-state index >= 15 is 0 Å². The number of hydrogen-bond acceptors (Lipinski definition) is 5. The molecule has 2 heterocycles. The zero-order valence-corrected chi connectivity index (χ0v) is 12.4. The zero-order valence-electron chi connectivity index (χ0n) is 11.6. The van der Waals surface area contributed by atoms with Crippen LogP contribution in [0.5, 0.6) is 0 Å². The summed E-state index contributed by atoms with van der Waals surface area (Å²) < 4.78 is 10.2. The molecule has 1 aliphatic heterocycles. The van der Waals surface area contributed by atoms with Gasteiger partial charge in [-0.1, -0.05) is 23.8 Å². The molecule has 1 spiro atoms. The molecule has 0 amide bonds. The predicted octanol–water partition coefficient (Wildman–Crippen LogP) is 2.93. The van der Waals surface area contributed by atoms with Crippen LogP contribution in [-0.4, -0.2) is 28.8 Å². The van der Waals surface area contributed by atoms with Crippen LogP contribution in [-0.2, 0) is 4.74 Å². The molecule has 0 bridgehead atoms. The fourth-order valence-corrected chi connectivity index (χ4v) is 4.32. The van der Waals surface area contributed by atoms with Gasteiger partial charge in [0.05, 0.1) is 17.3 Å². The standard InChI is InChI=1S/C14H23N3OS/c1-15-13(12-10-19-17-16-12)11-5-8-18-14(9-11)6-3-2-4-7-14/h10-11,13,15H,2-9H2,1H3. The maximum Gasteiger partial charge on any atom is 0.0927 e. The molecular formula is C14H23N3OS. The third-order valence-electron chi connectivity index (χ3n) is 4.77. The summed E-state index contributed by atoms with van der Waals surface area (Å²) >= 11 is 1.44. The lowest BCUT2D eigenvalue weighted by Gasteiger charge is -2.45. The number of rotatable bonds is 3. The molecule has 19 heavy (non-hydrogen) atoms. The second-order valence-electron chi connectivity index (χ2n) is 5.94. The van der Waals surface area contributed by atoms with Crippen LogP contribution in [0.1, 0.15) is 56.7 Å². The minimum atomic E-state index is 0.166. The van der Waals surface area contributed by atoms with Crippen LogP contribution >= 0.6 is 11.5 Å². The first kappa shape index (κ1) is 13.5. The molecule has 2 atom stereocenters. The summed E-state index contributed by atoms with van der Waals surface area (Å²) in [5.41, 5.74) is 1.27. The Hall–Kier alpha value is -0.520. The fourth-order valence-electron chi connectivity index (χ4n) is 3.83. The van der Waals surface area contributed by atoms with Crippen molar-refractivity contribution >= 4 is 11.5 Å². The molecule has 106 valence electrons. The van der Waals surface area contributed by atoms with Crippen LogP contribution in [0, 0.1) is 5.92 Å². The Morgan fingerprint density at radius 1 is 1.42 bits per heavy atom. The van der Waals surface area contributed by atoms with Crippen molar-refractivity contribution in [3.05, 3.63) is 11.1 Å². The van der Waals surface area contributed by atoms with E-state index in [0.717, 1.165) is 18.7 Å². The van der Waals surface area contributed by atoms with Crippen molar-refractivity contribution < 1.29 is 4.74 Å². The summed E-state index contributed by atoms with van der Waals surface area (Å²) in [5.74, 6) is 0.626. The van der Waals surface area contributed by atoms with E-state index in [1.54, 1.807) is 0 Å². The van der Waals surface area contributed by atoms with Gasteiger partial charge in [-0.2, -0.15) is 0 Å². The molecule has 1 saturated heterocycles. The molecule has 2 aliphatic rings. The van der Waals surface area contributed by atoms with E-state index in [2.05, 4.69) is 20.3 Å². The lowest BCUT2D eigenvalue weighted by Crippen LogP contribution is -2.44. The van der Waals surface area contributed by atoms with Gasteiger partial charge in [0.2, 0.25) is 0 Å². The van der Waals surface area contributed by atoms with Gasteiger partial charge in [-0.25, -0.2) is 0 Å². The summed E-state index contributed by atoms with van der Waals surface area (Å²) in [5, 5.41) is 9.78. The fraction of sp³-hybridized carbons (Fsp3) is 0.857. The largest absolute Gasteiger partial charge is 0.375 e. The summed E-state index contributed by atoms with van der Waals surface area (Å²) in [6.45, 7) is 0.903. The van der Waals surface area contributed by atoms with Crippen LogP contribution in [0.4, 0.5) is 0 Å². The van der Waals surface area contributed by atoms with Crippen molar-refractivity contribution in [3.63, 3.8) is 0 Å². The summed E-state index contributed by atoms with van der Waals surface area (Å²) in [7, 11) is 2.03. The quantitative estimate of drug-likeness (QED) is 0.925. The maximum absolute atomic E-state index is 6.19. The summed E-state index contributed by atoms with van der Waals surface area (Å²) in [6.07, 6.45) is 8.83. The average Bonchev–Trinajstić information content (AvgIpc) is 2.95. The molecule has 3 rings (SSSR count). The molecule has 0 aromatic carbocycles. The summed E-state index contributed by atoms with van der Waals surface area (Å²) in [6, 6.07) is 0.335. The van der Waals surface area contributed by atoms with Gasteiger partial charge < -0.3 is 10.1 Å². The molecule has 1 saturated carbocycles. The molecule has 2 fully saturated rings. The number of aromatic nitrogens is 2. The normalized spacial score (nSPS) is 28.4. The third-order valence-corrected chi connectivity index (χ3v) is 5.30. The molecule has 1 aromatic heterocycles. The van der Waals surface area contributed by atoms with Gasteiger partial charge in [0.25, 0.3) is 0 Å². The van der Waals surface area contributed by atoms with Crippen LogP contribution in [0.25, 0.3) is 0 Å². The smallest absolute Gasteiger partial charge is 0.0927 e. The van der Waals surface area contributed by atoms with E-state index < -0.39 is 0 Å². The second-order valence-corrected chi connectivity index (χ2v) is 6.55. The van der Waals surface area contributed by atoms with E-state index in [-0.39, 0.29) is 5.60 Å². The SMILES string of the molecule is CNC(c1csnn1)C1CCOC2(CCCCC2)C1. The van der Waals surface area contributed by atoms with Gasteiger partial charge in [-0.15, -0.1) is 5.10 Å². The topological polar surface area (TPSA) is 47.0 Å². The Kier molecular flexibility index (Phi) is 4.15. The van der Waals surface area contributed by atoms with Crippen LogP contribution in [0.2, 0.25) is 0 Å². The minimum Gasteiger partial charge on any atom is -0.375 e. The molecule has 5 heteroatoms. The molecule has 4 nitrogen and oxygen atoms in total. The van der Waals surface area contributed by atoms with Crippen LogP contribution in [0.15, 0.2) is 5.38 Å². The Labute approximate surface area is 119 Å². The molecule has 1 aliphatic carbocycles. The van der Waals surface area contributed by atoms with Gasteiger partial charge in [0.1, 0.15) is 0 Å². The van der Waals surface area contributed by atoms with E-state index in [1.165, 1.54) is 50.1 Å². The van der Waals surface area contributed by atoms with Crippen molar-refractivity contribution in [2.45, 2.75) is 56.6 Å². The highest BCUT2D eigenvalue weighted by atomic mass is 32.1. The molecule has 0 radical (unpaired) electrons. The Morgan fingerprint density at radius 2 is 2.26 bits per heavy atom. The first-order valence-corrected chi connectivity index (χ1v) is 8.25. The summed E-state index contributed by atoms with van der Waals surface area (Å²) in [4.78, 5) is 0. The van der Waals surface area contributed by atoms with Crippen molar-refractivity contribution in [2.75, 3.05) is 13.7 Å². The Bertz CT molecular complexity index is 384. The lowest BCUT2D eigenvalue weighted by molar-refractivity contribution is -0.122. The first-order valence-electron chi connectivity index (χ1n) is 7.41. The molecule has 2 unspecified atom stereocenters. The van der Waals surface area contributed by atoms with Gasteiger partial charge >= 0.3 is 0 Å². The second kappa shape index (κ2) is 5.85. The predicted molar refractivity (Wildman–Crippen MR) is 76.2 cm³/mol. The van der Waals surface area contributed by atoms with Gasteiger partial charge in [-0.3, -0.25) is 0 Å². The number of nitrogens with zero attached hydrogens (tertiary/aromatic N) is 2. The van der Waals surface area contributed by atoms with Gasteiger partial charge in [0, 0.05) is 12.0 Å². The Balaban J connectivity index is 1.73. The molecule has 1 aromatic rings. The zero-order chi connectivity index (χ0) is 13.1. The van der Waals surface area contributed by atoms with E-state index in [1.807, 2.05) is 7.05 Å². The highest BCUT2D eigenvalue weighted by molar-refractivity contribution is 7.03. The van der Waals surface area contributed by atoms with E-state index in [4.69, 9.17) is 4.74 Å². The Morgan fingerprint density at radius 3 is 2.95 bits per heavy atom. The monoisotopic (exact) mass is 281 g/mol. The van der Waals surface area contributed by atoms with E-state index in [0.29, 0.717) is 12.0 Å². The average molecular weight is 281 g/mol. The molecule has 1 N–H and O–H groups in total.